The number of nitrogens with zero attached hydrogens (tertiary/aromatic N) is 5. The number of benzene rings is 2. The number of hydrogen-bond donors (Lipinski definition) is 0. The molecule has 0 radical (unpaired) electrons. The monoisotopic (exact) mass is 449 g/mol. The normalized spacial score (nSPS) is 14.2. The van der Waals surface area contributed by atoms with Crippen molar-refractivity contribution in [2.45, 2.75) is 13.8 Å². The van der Waals surface area contributed by atoms with Crippen LogP contribution in [0.4, 0.5) is 15.8 Å². The maximum Gasteiger partial charge on any atom is 0.269 e. The van der Waals surface area contributed by atoms with Gasteiger partial charge >= 0.3 is 0 Å². The predicted molar refractivity (Wildman–Crippen MR) is 124 cm³/mol. The third kappa shape index (κ3) is 4.77. The Morgan fingerprint density at radius 2 is 1.61 bits per heavy atom. The SMILES string of the molecule is Cc1nn(-c2ccc(F)cc2)c(C)c1/C=C/C(=O)N1CCN(c2ccc([N+](=O)[O-])cc2)CC1. The van der Waals surface area contributed by atoms with E-state index in [4.69, 9.17) is 0 Å². The van der Waals surface area contributed by atoms with E-state index in [1.54, 1.807) is 46.0 Å². The molecule has 2 heterocycles. The van der Waals surface area contributed by atoms with Crippen LogP contribution < -0.4 is 4.90 Å². The van der Waals surface area contributed by atoms with Gasteiger partial charge in [-0.15, -0.1) is 0 Å². The van der Waals surface area contributed by atoms with Gasteiger partial charge in [0.25, 0.3) is 5.69 Å². The van der Waals surface area contributed by atoms with E-state index in [0.29, 0.717) is 26.2 Å². The van der Waals surface area contributed by atoms with Crippen LogP contribution in [0.15, 0.2) is 54.6 Å². The Labute approximate surface area is 190 Å². The zero-order valence-electron chi connectivity index (χ0n) is 18.4. The number of carbonyl (C=O) groups excluding carboxylic acids is 1. The van der Waals surface area contributed by atoms with Crippen LogP contribution >= 0.6 is 0 Å². The highest BCUT2D eigenvalue weighted by molar-refractivity contribution is 5.92. The van der Waals surface area contributed by atoms with E-state index in [1.165, 1.54) is 24.3 Å². The number of non-ortho nitro benzene ring substituents is 1. The highest BCUT2D eigenvalue weighted by Crippen LogP contribution is 2.22. The molecule has 0 unspecified atom stereocenters. The fraction of sp³-hybridized carbons (Fsp3) is 0.250. The van der Waals surface area contributed by atoms with Crippen molar-refractivity contribution in [2.24, 2.45) is 0 Å². The van der Waals surface area contributed by atoms with E-state index < -0.39 is 4.92 Å². The highest BCUT2D eigenvalue weighted by atomic mass is 19.1. The topological polar surface area (TPSA) is 84.5 Å². The first-order valence-corrected chi connectivity index (χ1v) is 10.6. The lowest BCUT2D eigenvalue weighted by Crippen LogP contribution is -2.48. The van der Waals surface area contributed by atoms with Gasteiger partial charge in [-0.05, 0) is 56.3 Å². The fourth-order valence-electron chi connectivity index (χ4n) is 3.96. The summed E-state index contributed by atoms with van der Waals surface area (Å²) in [6.45, 7) is 6.21. The van der Waals surface area contributed by atoms with E-state index in [2.05, 4.69) is 10.00 Å². The molecule has 0 spiro atoms. The van der Waals surface area contributed by atoms with Gasteiger partial charge in [0.1, 0.15) is 5.82 Å². The molecule has 1 aliphatic heterocycles. The summed E-state index contributed by atoms with van der Waals surface area (Å²) in [5, 5.41) is 15.4. The minimum atomic E-state index is -0.417. The van der Waals surface area contributed by atoms with E-state index in [0.717, 1.165) is 28.3 Å². The predicted octanol–water partition coefficient (Wildman–Crippen LogP) is 3.90. The highest BCUT2D eigenvalue weighted by Gasteiger charge is 2.21. The van der Waals surface area contributed by atoms with Gasteiger partial charge in [-0.2, -0.15) is 5.10 Å². The van der Waals surface area contributed by atoms with Gasteiger partial charge in [-0.3, -0.25) is 14.9 Å². The van der Waals surface area contributed by atoms with Crippen molar-refractivity contribution in [1.29, 1.82) is 0 Å². The second kappa shape index (κ2) is 9.23. The van der Waals surface area contributed by atoms with Gasteiger partial charge in [0.05, 0.1) is 16.3 Å². The number of rotatable bonds is 5. The third-order valence-electron chi connectivity index (χ3n) is 5.83. The number of amides is 1. The average Bonchev–Trinajstić information content (AvgIpc) is 3.11. The number of anilines is 1. The van der Waals surface area contributed by atoms with Crippen LogP contribution in [0.1, 0.15) is 17.0 Å². The van der Waals surface area contributed by atoms with Crippen LogP contribution in [-0.2, 0) is 4.79 Å². The number of hydrogen-bond acceptors (Lipinski definition) is 5. The van der Waals surface area contributed by atoms with Gasteiger partial charge in [0.15, 0.2) is 0 Å². The van der Waals surface area contributed by atoms with Crippen LogP contribution in [0.5, 0.6) is 0 Å². The average molecular weight is 449 g/mol. The third-order valence-corrected chi connectivity index (χ3v) is 5.83. The molecule has 33 heavy (non-hydrogen) atoms. The summed E-state index contributed by atoms with van der Waals surface area (Å²) in [7, 11) is 0. The van der Waals surface area contributed by atoms with Gasteiger partial charge < -0.3 is 9.80 Å². The van der Waals surface area contributed by atoms with Crippen molar-refractivity contribution in [3.63, 3.8) is 0 Å². The number of nitro benzene ring substituents is 1. The van der Waals surface area contributed by atoms with Crippen LogP contribution in [0.2, 0.25) is 0 Å². The molecule has 1 aromatic heterocycles. The maximum atomic E-state index is 13.2. The van der Waals surface area contributed by atoms with Crippen LogP contribution in [0.3, 0.4) is 0 Å². The minimum Gasteiger partial charge on any atom is -0.368 e. The Morgan fingerprint density at radius 3 is 2.21 bits per heavy atom. The van der Waals surface area contributed by atoms with Crippen LogP contribution in [0, 0.1) is 29.8 Å². The lowest BCUT2D eigenvalue weighted by molar-refractivity contribution is -0.384. The molecule has 1 saturated heterocycles. The summed E-state index contributed by atoms with van der Waals surface area (Å²) < 4.78 is 15.0. The number of aryl methyl sites for hydroxylation is 1. The first kappa shape index (κ1) is 22.2. The molecule has 170 valence electrons. The number of halogens is 1. The Morgan fingerprint density at radius 1 is 1.00 bits per heavy atom. The van der Waals surface area contributed by atoms with Crippen molar-refractivity contribution < 1.29 is 14.1 Å². The summed E-state index contributed by atoms with van der Waals surface area (Å²) in [5.41, 5.74) is 4.23. The quantitative estimate of drug-likeness (QED) is 0.335. The molecule has 1 amide bonds. The van der Waals surface area contributed by atoms with E-state index in [9.17, 15) is 19.3 Å². The summed E-state index contributed by atoms with van der Waals surface area (Å²) in [5.74, 6) is -0.383. The summed E-state index contributed by atoms with van der Waals surface area (Å²) >= 11 is 0. The van der Waals surface area contributed by atoms with Crippen molar-refractivity contribution >= 4 is 23.4 Å². The Kier molecular flexibility index (Phi) is 6.21. The number of aromatic nitrogens is 2. The molecule has 0 N–H and O–H groups in total. The smallest absolute Gasteiger partial charge is 0.269 e. The molecule has 2 aromatic carbocycles. The molecule has 0 aliphatic carbocycles. The van der Waals surface area contributed by atoms with Crippen molar-refractivity contribution in [3.05, 3.63) is 87.5 Å². The summed E-state index contributed by atoms with van der Waals surface area (Å²) in [6, 6.07) is 12.6. The van der Waals surface area contributed by atoms with Crippen LogP contribution in [-0.4, -0.2) is 51.7 Å². The molecule has 4 rings (SSSR count). The van der Waals surface area contributed by atoms with Crippen molar-refractivity contribution in [2.75, 3.05) is 31.1 Å². The second-order valence-electron chi connectivity index (χ2n) is 7.89. The second-order valence-corrected chi connectivity index (χ2v) is 7.89. The molecular formula is C24H24FN5O3. The molecule has 8 nitrogen and oxygen atoms in total. The lowest BCUT2D eigenvalue weighted by Gasteiger charge is -2.35. The molecule has 3 aromatic rings. The molecule has 1 fully saturated rings. The molecule has 0 atom stereocenters. The number of carbonyl (C=O) groups is 1. The Balaban J connectivity index is 1.39. The van der Waals surface area contributed by atoms with E-state index in [1.807, 2.05) is 13.8 Å². The standard InChI is InChI=1S/C24H24FN5O3/c1-17-23(18(2)29(26-17)21-5-3-19(25)4-6-21)11-12-24(31)28-15-13-27(14-16-28)20-7-9-22(10-8-20)30(32)33/h3-12H,13-16H2,1-2H3/b12-11+. The molecule has 0 saturated carbocycles. The Bertz CT molecular complexity index is 1190. The number of nitro groups is 1. The van der Waals surface area contributed by atoms with Gasteiger partial charge in [-0.25, -0.2) is 9.07 Å². The molecule has 0 bridgehead atoms. The molecular weight excluding hydrogens is 425 g/mol. The van der Waals surface area contributed by atoms with Crippen LogP contribution in [0.25, 0.3) is 11.8 Å². The lowest BCUT2D eigenvalue weighted by atomic mass is 10.1. The summed E-state index contributed by atoms with van der Waals surface area (Å²) in [4.78, 5) is 27.0. The first-order valence-electron chi connectivity index (χ1n) is 10.6. The first-order chi connectivity index (χ1) is 15.8. The van der Waals surface area contributed by atoms with E-state index in [-0.39, 0.29) is 17.4 Å². The summed E-state index contributed by atoms with van der Waals surface area (Å²) in [6.07, 6.45) is 3.34. The van der Waals surface area contributed by atoms with Crippen molar-refractivity contribution in [3.8, 4) is 5.69 Å². The van der Waals surface area contributed by atoms with Crippen molar-refractivity contribution in [1.82, 2.24) is 14.7 Å². The Hall–Kier alpha value is -4.01. The fourth-order valence-corrected chi connectivity index (χ4v) is 3.96. The molecule has 1 aliphatic rings. The zero-order valence-corrected chi connectivity index (χ0v) is 18.4. The maximum absolute atomic E-state index is 13.2. The number of piperazine rings is 1. The van der Waals surface area contributed by atoms with Gasteiger partial charge in [0, 0.05) is 61.3 Å². The largest absolute Gasteiger partial charge is 0.368 e. The zero-order chi connectivity index (χ0) is 23.5. The van der Waals surface area contributed by atoms with Gasteiger partial charge in [0.2, 0.25) is 5.91 Å². The van der Waals surface area contributed by atoms with Gasteiger partial charge in [-0.1, -0.05) is 0 Å². The molecule has 9 heteroatoms. The minimum absolute atomic E-state index is 0.0611. The van der Waals surface area contributed by atoms with E-state index >= 15 is 0 Å².